The van der Waals surface area contributed by atoms with E-state index in [2.05, 4.69) is 20.3 Å². The highest BCUT2D eigenvalue weighted by molar-refractivity contribution is 5.97. The van der Waals surface area contributed by atoms with Crippen molar-refractivity contribution in [1.82, 2.24) is 20.3 Å². The summed E-state index contributed by atoms with van der Waals surface area (Å²) in [5.74, 6) is -0.00899. The molecule has 108 valence electrons. The summed E-state index contributed by atoms with van der Waals surface area (Å²) in [5.41, 5.74) is 5.52. The van der Waals surface area contributed by atoms with Crippen LogP contribution in [0, 0.1) is 0 Å². The first kappa shape index (κ1) is 12.8. The van der Waals surface area contributed by atoms with E-state index < -0.39 is 0 Å². The van der Waals surface area contributed by atoms with Crippen molar-refractivity contribution in [2.24, 2.45) is 0 Å². The van der Waals surface area contributed by atoms with Gasteiger partial charge in [0, 0.05) is 54.1 Å². The van der Waals surface area contributed by atoms with Gasteiger partial charge in [-0.3, -0.25) is 14.8 Å². The molecule has 0 fully saturated rings. The zero-order chi connectivity index (χ0) is 14.9. The third kappa shape index (κ3) is 2.16. The number of nitrogens with zero attached hydrogens (tertiary/aromatic N) is 2. The van der Waals surface area contributed by atoms with Gasteiger partial charge in [-0.1, -0.05) is 0 Å². The molecule has 3 aromatic heterocycles. The quantitative estimate of drug-likeness (QED) is 0.761. The molecule has 1 aliphatic rings. The van der Waals surface area contributed by atoms with Crippen LogP contribution in [0.1, 0.15) is 16.1 Å². The fourth-order valence-electron chi connectivity index (χ4n) is 2.72. The maximum atomic E-state index is 11.9. The number of rotatable bonds is 2. The fourth-order valence-corrected chi connectivity index (χ4v) is 2.72. The lowest BCUT2D eigenvalue weighted by molar-refractivity contribution is 0.0946. The molecule has 22 heavy (non-hydrogen) atoms. The summed E-state index contributed by atoms with van der Waals surface area (Å²) < 4.78 is 0. The number of hydrogen-bond donors (Lipinski definition) is 2. The molecule has 5 heteroatoms. The SMILES string of the molecule is O=C1NCCc2[nH]c(-c3ccnc(-c4cccnc4)c3)cc21. The number of carbonyl (C=O) groups excluding carboxylic acids is 1. The molecular weight excluding hydrogens is 276 g/mol. The molecule has 0 aliphatic carbocycles. The molecule has 5 nitrogen and oxygen atoms in total. The van der Waals surface area contributed by atoms with Crippen molar-refractivity contribution in [3.63, 3.8) is 0 Å². The number of pyridine rings is 2. The van der Waals surface area contributed by atoms with Crippen LogP contribution in [-0.2, 0) is 6.42 Å². The van der Waals surface area contributed by atoms with Crippen molar-refractivity contribution in [1.29, 1.82) is 0 Å². The Morgan fingerprint density at radius 2 is 2.05 bits per heavy atom. The molecule has 0 saturated carbocycles. The lowest BCUT2D eigenvalue weighted by atomic mass is 10.1. The Morgan fingerprint density at radius 1 is 1.09 bits per heavy atom. The minimum Gasteiger partial charge on any atom is -0.358 e. The predicted octanol–water partition coefficient (Wildman–Crippen LogP) is 2.42. The predicted molar refractivity (Wildman–Crippen MR) is 83.3 cm³/mol. The largest absolute Gasteiger partial charge is 0.358 e. The van der Waals surface area contributed by atoms with Gasteiger partial charge in [0.2, 0.25) is 0 Å². The van der Waals surface area contributed by atoms with Crippen LogP contribution in [0.3, 0.4) is 0 Å². The average molecular weight is 290 g/mol. The molecule has 0 unspecified atom stereocenters. The van der Waals surface area contributed by atoms with E-state index >= 15 is 0 Å². The van der Waals surface area contributed by atoms with E-state index in [1.165, 1.54) is 0 Å². The average Bonchev–Trinajstić information content (AvgIpc) is 3.02. The maximum Gasteiger partial charge on any atom is 0.253 e. The van der Waals surface area contributed by atoms with Gasteiger partial charge in [-0.05, 0) is 30.3 Å². The van der Waals surface area contributed by atoms with Crippen LogP contribution in [0.2, 0.25) is 0 Å². The number of fused-ring (bicyclic) bond motifs is 1. The van der Waals surface area contributed by atoms with E-state index in [1.54, 1.807) is 18.6 Å². The maximum absolute atomic E-state index is 11.9. The molecule has 0 spiro atoms. The van der Waals surface area contributed by atoms with Gasteiger partial charge in [-0.15, -0.1) is 0 Å². The highest BCUT2D eigenvalue weighted by Crippen LogP contribution is 2.26. The summed E-state index contributed by atoms with van der Waals surface area (Å²) in [4.78, 5) is 23.7. The van der Waals surface area contributed by atoms with E-state index in [1.807, 2.05) is 30.3 Å². The third-order valence-electron chi connectivity index (χ3n) is 3.83. The first-order valence-corrected chi connectivity index (χ1v) is 7.18. The second-order valence-corrected chi connectivity index (χ2v) is 5.25. The number of hydrogen-bond acceptors (Lipinski definition) is 3. The monoisotopic (exact) mass is 290 g/mol. The van der Waals surface area contributed by atoms with Gasteiger partial charge in [0.1, 0.15) is 0 Å². The van der Waals surface area contributed by atoms with Gasteiger partial charge in [0.15, 0.2) is 0 Å². The zero-order valence-corrected chi connectivity index (χ0v) is 11.8. The Kier molecular flexibility index (Phi) is 2.96. The van der Waals surface area contributed by atoms with E-state index in [4.69, 9.17) is 0 Å². The zero-order valence-electron chi connectivity index (χ0n) is 11.8. The van der Waals surface area contributed by atoms with Crippen LogP contribution in [-0.4, -0.2) is 27.4 Å². The molecule has 0 bridgehead atoms. The molecule has 3 aromatic rings. The molecular formula is C17H14N4O. The summed E-state index contributed by atoms with van der Waals surface area (Å²) in [7, 11) is 0. The third-order valence-corrected chi connectivity index (χ3v) is 3.83. The van der Waals surface area contributed by atoms with Gasteiger partial charge in [0.25, 0.3) is 5.91 Å². The van der Waals surface area contributed by atoms with Crippen molar-refractivity contribution in [2.45, 2.75) is 6.42 Å². The fraction of sp³-hybridized carbons (Fsp3) is 0.118. The van der Waals surface area contributed by atoms with Crippen LogP contribution in [0.5, 0.6) is 0 Å². The molecule has 4 rings (SSSR count). The molecule has 0 radical (unpaired) electrons. The van der Waals surface area contributed by atoms with Crippen molar-refractivity contribution in [3.8, 4) is 22.5 Å². The van der Waals surface area contributed by atoms with E-state index in [0.29, 0.717) is 6.54 Å². The minimum absolute atomic E-state index is 0.00899. The van der Waals surface area contributed by atoms with Gasteiger partial charge in [-0.25, -0.2) is 0 Å². The Morgan fingerprint density at radius 3 is 2.86 bits per heavy atom. The van der Waals surface area contributed by atoms with Gasteiger partial charge >= 0.3 is 0 Å². The Labute approximate surface area is 127 Å². The number of H-pyrrole nitrogens is 1. The first-order chi connectivity index (χ1) is 10.8. The smallest absolute Gasteiger partial charge is 0.253 e. The minimum atomic E-state index is -0.00899. The van der Waals surface area contributed by atoms with Gasteiger partial charge in [0.05, 0.1) is 11.3 Å². The number of amides is 1. The summed E-state index contributed by atoms with van der Waals surface area (Å²) >= 11 is 0. The number of carbonyl (C=O) groups is 1. The molecule has 0 atom stereocenters. The lowest BCUT2D eigenvalue weighted by Crippen LogP contribution is -2.31. The standard InChI is InChI=1S/C17H14N4O/c22-17-13-9-16(21-14(13)4-7-20-17)11-3-6-19-15(8-11)12-2-1-5-18-10-12/h1-3,5-6,8-10,21H,4,7H2,(H,20,22). The molecule has 0 saturated heterocycles. The Hall–Kier alpha value is -2.95. The highest BCUT2D eigenvalue weighted by Gasteiger charge is 2.20. The first-order valence-electron chi connectivity index (χ1n) is 7.18. The van der Waals surface area contributed by atoms with Crippen LogP contribution >= 0.6 is 0 Å². The van der Waals surface area contributed by atoms with Crippen LogP contribution in [0.15, 0.2) is 48.9 Å². The second-order valence-electron chi connectivity index (χ2n) is 5.25. The second kappa shape index (κ2) is 5.11. The topological polar surface area (TPSA) is 70.7 Å². The molecule has 0 aromatic carbocycles. The van der Waals surface area contributed by atoms with Crippen LogP contribution in [0.25, 0.3) is 22.5 Å². The Bertz CT molecular complexity index is 839. The number of nitrogens with one attached hydrogen (secondary N) is 2. The summed E-state index contributed by atoms with van der Waals surface area (Å²) in [6, 6.07) is 9.72. The number of aromatic amines is 1. The van der Waals surface area contributed by atoms with Crippen LogP contribution in [0.4, 0.5) is 0 Å². The van der Waals surface area contributed by atoms with E-state index in [-0.39, 0.29) is 5.91 Å². The molecule has 2 N–H and O–H groups in total. The lowest BCUT2D eigenvalue weighted by Gasteiger charge is -2.10. The van der Waals surface area contributed by atoms with Gasteiger partial charge < -0.3 is 10.3 Å². The molecule has 1 amide bonds. The van der Waals surface area contributed by atoms with E-state index in [0.717, 1.165) is 40.2 Å². The van der Waals surface area contributed by atoms with Gasteiger partial charge in [-0.2, -0.15) is 0 Å². The van der Waals surface area contributed by atoms with Crippen molar-refractivity contribution in [3.05, 3.63) is 60.2 Å². The normalized spacial score (nSPS) is 13.5. The molecule has 1 aliphatic heterocycles. The number of aromatic nitrogens is 3. The van der Waals surface area contributed by atoms with Crippen molar-refractivity contribution < 1.29 is 4.79 Å². The van der Waals surface area contributed by atoms with Crippen molar-refractivity contribution in [2.75, 3.05) is 6.54 Å². The summed E-state index contributed by atoms with van der Waals surface area (Å²) in [5, 5.41) is 2.86. The summed E-state index contributed by atoms with van der Waals surface area (Å²) in [6.07, 6.45) is 6.14. The van der Waals surface area contributed by atoms with Crippen LogP contribution < -0.4 is 5.32 Å². The summed E-state index contributed by atoms with van der Waals surface area (Å²) in [6.45, 7) is 0.684. The van der Waals surface area contributed by atoms with E-state index in [9.17, 15) is 4.79 Å². The highest BCUT2D eigenvalue weighted by atomic mass is 16.1. The van der Waals surface area contributed by atoms with Crippen molar-refractivity contribution >= 4 is 5.91 Å². The Balaban J connectivity index is 1.76. The molecule has 4 heterocycles.